The molecule has 1 atom stereocenters. The minimum atomic E-state index is -4.41. The Labute approximate surface area is 108 Å². The first-order valence-electron chi connectivity index (χ1n) is 5.88. The van der Waals surface area contributed by atoms with Crippen LogP contribution in [0.1, 0.15) is 29.8 Å². The quantitative estimate of drug-likeness (QED) is 0.931. The molecule has 1 heterocycles. The second kappa shape index (κ2) is 5.05. The Balaban J connectivity index is 2.48. The first-order valence-corrected chi connectivity index (χ1v) is 5.88. The number of nitrogens with zero attached hydrogens (tertiary/aromatic N) is 2. The molecule has 0 saturated carbocycles. The van der Waals surface area contributed by atoms with Gasteiger partial charge in [-0.25, -0.2) is 0 Å². The molecule has 19 heavy (non-hydrogen) atoms. The predicted octanol–water partition coefficient (Wildman–Crippen LogP) is 2.97. The number of rotatable bonds is 3. The number of aromatic nitrogens is 2. The van der Waals surface area contributed by atoms with Gasteiger partial charge in [-0.3, -0.25) is 4.68 Å². The summed E-state index contributed by atoms with van der Waals surface area (Å²) >= 11 is 0. The van der Waals surface area contributed by atoms with E-state index in [4.69, 9.17) is 5.73 Å². The van der Waals surface area contributed by atoms with Gasteiger partial charge in [-0.15, -0.1) is 0 Å². The van der Waals surface area contributed by atoms with Crippen LogP contribution in [0.5, 0.6) is 0 Å². The van der Waals surface area contributed by atoms with Gasteiger partial charge in [-0.2, -0.15) is 18.3 Å². The predicted molar refractivity (Wildman–Crippen MR) is 65.4 cm³/mol. The van der Waals surface area contributed by atoms with Gasteiger partial charge in [0.15, 0.2) is 0 Å². The summed E-state index contributed by atoms with van der Waals surface area (Å²) in [5.74, 6) is 0. The highest BCUT2D eigenvalue weighted by Crippen LogP contribution is 2.35. The molecule has 1 aromatic carbocycles. The Morgan fingerprint density at radius 3 is 2.58 bits per heavy atom. The van der Waals surface area contributed by atoms with E-state index in [1.54, 1.807) is 16.8 Å². The Hall–Kier alpha value is -1.82. The maximum Gasteiger partial charge on any atom is 0.416 e. The van der Waals surface area contributed by atoms with Crippen LogP contribution in [0.2, 0.25) is 0 Å². The molecule has 2 aromatic rings. The fourth-order valence-electron chi connectivity index (χ4n) is 2.06. The molecule has 3 nitrogen and oxygen atoms in total. The van der Waals surface area contributed by atoms with Gasteiger partial charge < -0.3 is 5.73 Å². The van der Waals surface area contributed by atoms with Gasteiger partial charge >= 0.3 is 6.18 Å². The van der Waals surface area contributed by atoms with Crippen molar-refractivity contribution in [3.8, 4) is 0 Å². The van der Waals surface area contributed by atoms with Crippen molar-refractivity contribution in [2.75, 3.05) is 0 Å². The lowest BCUT2D eigenvalue weighted by Crippen LogP contribution is -2.21. The third-order valence-electron chi connectivity index (χ3n) is 2.97. The molecule has 2 rings (SSSR count). The molecule has 0 bridgehead atoms. The van der Waals surface area contributed by atoms with E-state index < -0.39 is 17.8 Å². The Bertz CT molecular complexity index is 560. The van der Waals surface area contributed by atoms with Gasteiger partial charge in [0.25, 0.3) is 0 Å². The highest BCUT2D eigenvalue weighted by molar-refractivity contribution is 5.36. The first-order chi connectivity index (χ1) is 8.95. The highest BCUT2D eigenvalue weighted by atomic mass is 19.4. The summed E-state index contributed by atoms with van der Waals surface area (Å²) in [6.07, 6.45) is -2.87. The van der Waals surface area contributed by atoms with E-state index in [0.29, 0.717) is 12.2 Å². The number of nitrogens with two attached hydrogens (primary N) is 1. The van der Waals surface area contributed by atoms with Crippen LogP contribution in [0, 0.1) is 0 Å². The second-order valence-electron chi connectivity index (χ2n) is 4.13. The van der Waals surface area contributed by atoms with Gasteiger partial charge in [0.1, 0.15) is 0 Å². The average molecular weight is 269 g/mol. The molecule has 0 amide bonds. The van der Waals surface area contributed by atoms with E-state index in [1.807, 2.05) is 6.92 Å². The normalized spacial score (nSPS) is 13.5. The molecule has 0 fully saturated rings. The summed E-state index contributed by atoms with van der Waals surface area (Å²) in [7, 11) is 0. The molecule has 0 aliphatic heterocycles. The van der Waals surface area contributed by atoms with E-state index in [-0.39, 0.29) is 5.56 Å². The Morgan fingerprint density at radius 2 is 1.95 bits per heavy atom. The molecule has 2 N–H and O–H groups in total. The number of benzene rings is 1. The fraction of sp³-hybridized carbons (Fsp3) is 0.308. The van der Waals surface area contributed by atoms with Gasteiger partial charge in [0.2, 0.25) is 0 Å². The molecule has 0 spiro atoms. The van der Waals surface area contributed by atoms with Gasteiger partial charge in [-0.05, 0) is 24.6 Å². The summed E-state index contributed by atoms with van der Waals surface area (Å²) in [4.78, 5) is 0. The zero-order chi connectivity index (χ0) is 14.0. The fourth-order valence-corrected chi connectivity index (χ4v) is 2.06. The summed E-state index contributed by atoms with van der Waals surface area (Å²) in [5, 5.41) is 4.03. The van der Waals surface area contributed by atoms with Crippen molar-refractivity contribution in [3.63, 3.8) is 0 Å². The van der Waals surface area contributed by atoms with E-state index in [0.717, 1.165) is 6.07 Å². The second-order valence-corrected chi connectivity index (χ2v) is 4.13. The lowest BCUT2D eigenvalue weighted by Gasteiger charge is -2.19. The number of hydrogen-bond donors (Lipinski definition) is 1. The highest BCUT2D eigenvalue weighted by Gasteiger charge is 2.34. The summed E-state index contributed by atoms with van der Waals surface area (Å²) in [6, 6.07) is 6.15. The van der Waals surface area contributed by atoms with Crippen LogP contribution >= 0.6 is 0 Å². The van der Waals surface area contributed by atoms with E-state index in [9.17, 15) is 13.2 Å². The molecule has 6 heteroatoms. The van der Waals surface area contributed by atoms with E-state index >= 15 is 0 Å². The molecular weight excluding hydrogens is 255 g/mol. The minimum absolute atomic E-state index is 0.0604. The van der Waals surface area contributed by atoms with Crippen molar-refractivity contribution in [3.05, 3.63) is 53.3 Å². The standard InChI is InChI=1S/C13H14F3N3/c1-2-19-11(7-8-18-19)12(17)9-5-3-4-6-10(9)13(14,15)16/h3-8,12H,2,17H2,1H3. The van der Waals surface area contributed by atoms with Crippen LogP contribution in [-0.2, 0) is 12.7 Å². The van der Waals surface area contributed by atoms with Crippen molar-refractivity contribution in [1.82, 2.24) is 9.78 Å². The molecule has 0 aliphatic carbocycles. The zero-order valence-electron chi connectivity index (χ0n) is 10.4. The summed E-state index contributed by atoms with van der Waals surface area (Å²) < 4.78 is 40.5. The number of aryl methyl sites for hydroxylation is 1. The van der Waals surface area contributed by atoms with Crippen LogP contribution in [0.25, 0.3) is 0 Å². The molecule has 0 radical (unpaired) electrons. The van der Waals surface area contributed by atoms with Crippen molar-refractivity contribution >= 4 is 0 Å². The van der Waals surface area contributed by atoms with Crippen LogP contribution in [0.15, 0.2) is 36.5 Å². The van der Waals surface area contributed by atoms with Crippen molar-refractivity contribution in [2.24, 2.45) is 5.73 Å². The molecule has 0 aliphatic rings. The Morgan fingerprint density at radius 1 is 1.26 bits per heavy atom. The minimum Gasteiger partial charge on any atom is -0.319 e. The monoisotopic (exact) mass is 269 g/mol. The smallest absolute Gasteiger partial charge is 0.319 e. The maximum atomic E-state index is 13.0. The molecule has 102 valence electrons. The van der Waals surface area contributed by atoms with Crippen LogP contribution in [0.3, 0.4) is 0 Å². The third-order valence-corrected chi connectivity index (χ3v) is 2.97. The molecule has 1 unspecified atom stereocenters. The largest absolute Gasteiger partial charge is 0.416 e. The molecule has 0 saturated heterocycles. The topological polar surface area (TPSA) is 43.8 Å². The lowest BCUT2D eigenvalue weighted by molar-refractivity contribution is -0.138. The van der Waals surface area contributed by atoms with Crippen LogP contribution in [-0.4, -0.2) is 9.78 Å². The molecule has 1 aromatic heterocycles. The van der Waals surface area contributed by atoms with Crippen molar-refractivity contribution in [1.29, 1.82) is 0 Å². The lowest BCUT2D eigenvalue weighted by atomic mass is 9.98. The van der Waals surface area contributed by atoms with E-state index in [1.165, 1.54) is 18.3 Å². The van der Waals surface area contributed by atoms with Crippen LogP contribution < -0.4 is 5.73 Å². The average Bonchev–Trinajstić information content (AvgIpc) is 2.85. The number of halogens is 3. The number of hydrogen-bond acceptors (Lipinski definition) is 2. The number of alkyl halides is 3. The van der Waals surface area contributed by atoms with Gasteiger partial charge in [0.05, 0.1) is 17.3 Å². The first kappa shape index (κ1) is 13.6. The SMILES string of the molecule is CCn1nccc1C(N)c1ccccc1C(F)(F)F. The van der Waals surface area contributed by atoms with Gasteiger partial charge in [0, 0.05) is 12.7 Å². The zero-order valence-corrected chi connectivity index (χ0v) is 10.4. The van der Waals surface area contributed by atoms with Gasteiger partial charge in [-0.1, -0.05) is 18.2 Å². The van der Waals surface area contributed by atoms with Crippen LogP contribution in [0.4, 0.5) is 13.2 Å². The van der Waals surface area contributed by atoms with Crippen molar-refractivity contribution in [2.45, 2.75) is 25.7 Å². The summed E-state index contributed by atoms with van der Waals surface area (Å²) in [6.45, 7) is 2.42. The maximum absolute atomic E-state index is 13.0. The Kier molecular flexibility index (Phi) is 3.61. The third kappa shape index (κ3) is 2.63. The van der Waals surface area contributed by atoms with Crippen molar-refractivity contribution < 1.29 is 13.2 Å². The van der Waals surface area contributed by atoms with E-state index in [2.05, 4.69) is 5.10 Å². The molecular formula is C13H14F3N3. The summed E-state index contributed by atoms with van der Waals surface area (Å²) in [5.41, 5.74) is 5.90.